The third-order valence-electron chi connectivity index (χ3n) is 1.67. The predicted octanol–water partition coefficient (Wildman–Crippen LogP) is 1.58. The van der Waals surface area contributed by atoms with Crippen molar-refractivity contribution < 1.29 is 10.3 Å². The van der Waals surface area contributed by atoms with E-state index in [-0.39, 0.29) is 5.75 Å². The molecule has 0 aliphatic heterocycles. The van der Waals surface area contributed by atoms with Crippen LogP contribution in [-0.4, -0.2) is 15.0 Å². The second-order valence-corrected chi connectivity index (χ2v) is 2.38. The highest BCUT2D eigenvalue weighted by atomic mass is 16.5. The summed E-state index contributed by atoms with van der Waals surface area (Å²) in [5, 5.41) is 19.2. The average molecular weight is 149 g/mol. The molecule has 1 heterocycles. The highest BCUT2D eigenvalue weighted by Gasteiger charge is 2.02. The van der Waals surface area contributed by atoms with Gasteiger partial charge in [0.25, 0.3) is 0 Å². The molecule has 11 heavy (non-hydrogen) atoms. The molecular formula is C8H7NO2. The maximum atomic E-state index is 9.26. The molecular weight excluding hydrogens is 142 g/mol. The number of aromatic hydroxyl groups is 1. The summed E-state index contributed by atoms with van der Waals surface area (Å²) < 4.78 is 0.907. The van der Waals surface area contributed by atoms with Crippen LogP contribution in [0.4, 0.5) is 0 Å². The first-order valence-corrected chi connectivity index (χ1v) is 3.27. The minimum absolute atomic E-state index is 0.0926. The van der Waals surface area contributed by atoms with Crippen molar-refractivity contribution in [2.24, 2.45) is 0 Å². The van der Waals surface area contributed by atoms with E-state index in [4.69, 9.17) is 5.21 Å². The summed E-state index contributed by atoms with van der Waals surface area (Å²) in [6, 6.07) is 6.82. The quantitative estimate of drug-likeness (QED) is 0.558. The summed E-state index contributed by atoms with van der Waals surface area (Å²) in [7, 11) is 0. The molecule has 1 aromatic carbocycles. The van der Waals surface area contributed by atoms with Crippen molar-refractivity contribution in [2.45, 2.75) is 0 Å². The van der Waals surface area contributed by atoms with Crippen LogP contribution in [0.25, 0.3) is 10.9 Å². The average Bonchev–Trinajstić information content (AvgIpc) is 2.34. The molecule has 0 bridgehead atoms. The smallest absolute Gasteiger partial charge is 0.143 e. The van der Waals surface area contributed by atoms with Crippen molar-refractivity contribution >= 4 is 10.9 Å². The standard InChI is InChI=1S/C8H7NO2/c10-7-3-1-2-6-4-5-9(11)8(6)7/h1-5,10-11H. The topological polar surface area (TPSA) is 45.4 Å². The number of aromatic nitrogens is 1. The molecule has 2 N–H and O–H groups in total. The molecule has 0 radical (unpaired) electrons. The van der Waals surface area contributed by atoms with Gasteiger partial charge in [0, 0.05) is 11.6 Å². The molecule has 0 atom stereocenters. The Morgan fingerprint density at radius 1 is 1.18 bits per heavy atom. The first kappa shape index (κ1) is 6.09. The number of phenolic OH excluding ortho intramolecular Hbond substituents is 1. The van der Waals surface area contributed by atoms with E-state index in [1.807, 2.05) is 6.07 Å². The van der Waals surface area contributed by atoms with Gasteiger partial charge in [0.1, 0.15) is 11.3 Å². The number of nitrogens with zero attached hydrogens (tertiary/aromatic N) is 1. The Labute approximate surface area is 63.1 Å². The zero-order chi connectivity index (χ0) is 7.84. The van der Waals surface area contributed by atoms with E-state index in [0.29, 0.717) is 5.52 Å². The Bertz CT molecular complexity index is 392. The molecule has 3 nitrogen and oxygen atoms in total. The van der Waals surface area contributed by atoms with Crippen LogP contribution in [0.1, 0.15) is 0 Å². The van der Waals surface area contributed by atoms with E-state index in [1.165, 1.54) is 12.3 Å². The predicted molar refractivity (Wildman–Crippen MR) is 40.8 cm³/mol. The second kappa shape index (κ2) is 1.92. The van der Waals surface area contributed by atoms with Crippen molar-refractivity contribution in [1.82, 2.24) is 4.73 Å². The van der Waals surface area contributed by atoms with Crippen molar-refractivity contribution in [3.8, 4) is 5.75 Å². The maximum absolute atomic E-state index is 9.26. The van der Waals surface area contributed by atoms with Crippen LogP contribution in [0.15, 0.2) is 30.5 Å². The number of phenols is 1. The lowest BCUT2D eigenvalue weighted by Gasteiger charge is -1.96. The highest BCUT2D eigenvalue weighted by Crippen LogP contribution is 2.23. The zero-order valence-corrected chi connectivity index (χ0v) is 5.73. The van der Waals surface area contributed by atoms with E-state index in [9.17, 15) is 5.11 Å². The van der Waals surface area contributed by atoms with E-state index in [0.717, 1.165) is 10.1 Å². The van der Waals surface area contributed by atoms with Crippen LogP contribution in [-0.2, 0) is 0 Å². The number of fused-ring (bicyclic) bond motifs is 1. The molecule has 0 saturated heterocycles. The van der Waals surface area contributed by atoms with E-state index >= 15 is 0 Å². The lowest BCUT2D eigenvalue weighted by Crippen LogP contribution is -1.85. The van der Waals surface area contributed by atoms with Gasteiger partial charge < -0.3 is 10.3 Å². The minimum atomic E-state index is 0.0926. The monoisotopic (exact) mass is 149 g/mol. The third-order valence-corrected chi connectivity index (χ3v) is 1.67. The van der Waals surface area contributed by atoms with Gasteiger partial charge in [-0.2, -0.15) is 4.73 Å². The second-order valence-electron chi connectivity index (χ2n) is 2.38. The fraction of sp³-hybridized carbons (Fsp3) is 0. The minimum Gasteiger partial charge on any atom is -0.506 e. The van der Waals surface area contributed by atoms with Crippen LogP contribution < -0.4 is 0 Å². The lowest BCUT2D eigenvalue weighted by atomic mass is 10.2. The Balaban J connectivity index is 2.96. The van der Waals surface area contributed by atoms with Gasteiger partial charge in [-0.3, -0.25) is 0 Å². The van der Waals surface area contributed by atoms with Crippen LogP contribution in [0.3, 0.4) is 0 Å². The molecule has 0 spiro atoms. The van der Waals surface area contributed by atoms with Gasteiger partial charge in [-0.1, -0.05) is 12.1 Å². The Morgan fingerprint density at radius 3 is 2.73 bits per heavy atom. The van der Waals surface area contributed by atoms with Crippen LogP contribution in [0.5, 0.6) is 5.75 Å². The SMILES string of the molecule is Oc1cccc2ccn(O)c12. The number of hydrogen-bond acceptors (Lipinski definition) is 2. The summed E-state index contributed by atoms with van der Waals surface area (Å²) in [5.41, 5.74) is 0.451. The van der Waals surface area contributed by atoms with Gasteiger partial charge in [-0.05, 0) is 12.1 Å². The molecule has 0 unspecified atom stereocenters. The van der Waals surface area contributed by atoms with Gasteiger partial charge in [0.05, 0.1) is 0 Å². The largest absolute Gasteiger partial charge is 0.506 e. The summed E-state index contributed by atoms with van der Waals surface area (Å²) >= 11 is 0. The Hall–Kier alpha value is -1.64. The normalized spacial score (nSPS) is 10.5. The molecule has 2 rings (SSSR count). The van der Waals surface area contributed by atoms with Crippen molar-refractivity contribution in [2.75, 3.05) is 0 Å². The maximum Gasteiger partial charge on any atom is 0.143 e. The molecule has 2 aromatic rings. The van der Waals surface area contributed by atoms with Crippen molar-refractivity contribution in [3.05, 3.63) is 30.5 Å². The number of rotatable bonds is 0. The molecule has 3 heteroatoms. The van der Waals surface area contributed by atoms with Gasteiger partial charge >= 0.3 is 0 Å². The Kier molecular flexibility index (Phi) is 1.06. The lowest BCUT2D eigenvalue weighted by molar-refractivity contribution is 0.198. The number of hydrogen-bond donors (Lipinski definition) is 2. The molecule has 0 aliphatic rings. The zero-order valence-electron chi connectivity index (χ0n) is 5.73. The fourth-order valence-electron chi connectivity index (χ4n) is 1.16. The summed E-state index contributed by atoms with van der Waals surface area (Å²) in [6.07, 6.45) is 1.49. The molecule has 1 aromatic heterocycles. The molecule has 0 aliphatic carbocycles. The summed E-state index contributed by atoms with van der Waals surface area (Å²) in [5.74, 6) is 0.0926. The van der Waals surface area contributed by atoms with Gasteiger partial charge in [-0.25, -0.2) is 0 Å². The van der Waals surface area contributed by atoms with E-state index in [2.05, 4.69) is 0 Å². The van der Waals surface area contributed by atoms with E-state index in [1.54, 1.807) is 12.1 Å². The first-order chi connectivity index (χ1) is 5.29. The number of para-hydroxylation sites is 1. The molecule has 0 saturated carbocycles. The van der Waals surface area contributed by atoms with Crippen LogP contribution in [0.2, 0.25) is 0 Å². The molecule has 0 amide bonds. The fourth-order valence-corrected chi connectivity index (χ4v) is 1.16. The summed E-state index contributed by atoms with van der Waals surface area (Å²) in [6.45, 7) is 0. The Morgan fingerprint density at radius 2 is 2.00 bits per heavy atom. The van der Waals surface area contributed by atoms with E-state index < -0.39 is 0 Å². The van der Waals surface area contributed by atoms with Crippen LogP contribution >= 0.6 is 0 Å². The van der Waals surface area contributed by atoms with Crippen molar-refractivity contribution in [1.29, 1.82) is 0 Å². The van der Waals surface area contributed by atoms with Crippen molar-refractivity contribution in [3.63, 3.8) is 0 Å². The van der Waals surface area contributed by atoms with Gasteiger partial charge in [-0.15, -0.1) is 0 Å². The van der Waals surface area contributed by atoms with Crippen LogP contribution in [0, 0.1) is 0 Å². The highest BCUT2D eigenvalue weighted by molar-refractivity contribution is 5.85. The third kappa shape index (κ3) is 0.741. The summed E-state index contributed by atoms with van der Waals surface area (Å²) in [4.78, 5) is 0. The number of benzene rings is 1. The molecule has 56 valence electrons. The first-order valence-electron chi connectivity index (χ1n) is 3.27. The van der Waals surface area contributed by atoms with Gasteiger partial charge in [0.15, 0.2) is 0 Å². The molecule has 0 fully saturated rings. The van der Waals surface area contributed by atoms with Gasteiger partial charge in [0.2, 0.25) is 0 Å².